The molecule has 0 aliphatic heterocycles. The van der Waals surface area contributed by atoms with Gasteiger partial charge in [0, 0.05) is 21.3 Å². The van der Waals surface area contributed by atoms with E-state index >= 15 is 0 Å². The molecule has 20 heavy (non-hydrogen) atoms. The van der Waals surface area contributed by atoms with Gasteiger partial charge in [-0.2, -0.15) is 0 Å². The van der Waals surface area contributed by atoms with E-state index in [9.17, 15) is 10.1 Å². The molecule has 1 aromatic heterocycles. The van der Waals surface area contributed by atoms with Crippen molar-refractivity contribution in [2.24, 2.45) is 0 Å². The second-order valence-electron chi connectivity index (χ2n) is 4.02. The number of fused-ring (bicyclic) bond motifs is 1. The Morgan fingerprint density at radius 2 is 1.95 bits per heavy atom. The number of nitrogens with zero attached hydrogens (tertiary/aromatic N) is 2. The summed E-state index contributed by atoms with van der Waals surface area (Å²) in [5, 5.41) is 10.7. The van der Waals surface area contributed by atoms with Crippen LogP contribution in [0.25, 0.3) is 22.4 Å². The molecule has 3 N–H and O–H groups in total. The Morgan fingerprint density at radius 3 is 2.65 bits per heavy atom. The van der Waals surface area contributed by atoms with Crippen LogP contribution in [0.2, 0.25) is 0 Å². The summed E-state index contributed by atoms with van der Waals surface area (Å²) in [7, 11) is 0. The first-order valence-electron chi connectivity index (χ1n) is 5.54. The predicted octanol–water partition coefficient (Wildman–Crippen LogP) is 2.92. The summed E-state index contributed by atoms with van der Waals surface area (Å²) >= 11 is 2.24. The monoisotopic (exact) mass is 383 g/mol. The van der Waals surface area contributed by atoms with E-state index in [1.165, 1.54) is 12.1 Å². The summed E-state index contributed by atoms with van der Waals surface area (Å²) in [5.41, 5.74) is 2.44. The zero-order chi connectivity index (χ0) is 13.4. The second-order valence-corrected chi connectivity index (χ2v) is 5.19. The standard InChI is InChI=1S/C13H8IN3O2.H2O/c14-10-4-2-1-3-9(10)13-15-11-6-5-8(17(18)19)7-12(11)16-13;/h1-7H,(H,15,16);1H2. The van der Waals surface area contributed by atoms with Gasteiger partial charge in [0.25, 0.3) is 5.69 Å². The van der Waals surface area contributed by atoms with Gasteiger partial charge in [0.15, 0.2) is 0 Å². The van der Waals surface area contributed by atoms with Crippen molar-refractivity contribution in [2.75, 3.05) is 0 Å². The first kappa shape index (κ1) is 14.4. The molecule has 2 aromatic carbocycles. The molecule has 0 radical (unpaired) electrons. The molecule has 0 atom stereocenters. The maximum atomic E-state index is 10.7. The lowest BCUT2D eigenvalue weighted by molar-refractivity contribution is -0.384. The van der Waals surface area contributed by atoms with Crippen molar-refractivity contribution in [1.29, 1.82) is 0 Å². The van der Waals surface area contributed by atoms with Crippen molar-refractivity contribution in [2.45, 2.75) is 0 Å². The maximum Gasteiger partial charge on any atom is 0.271 e. The van der Waals surface area contributed by atoms with Crippen molar-refractivity contribution in [3.8, 4) is 11.4 Å². The van der Waals surface area contributed by atoms with Crippen LogP contribution in [0.15, 0.2) is 42.5 Å². The molecule has 0 saturated carbocycles. The van der Waals surface area contributed by atoms with Crippen molar-refractivity contribution in [1.82, 2.24) is 9.97 Å². The number of hydrogen-bond donors (Lipinski definition) is 1. The molecule has 3 rings (SSSR count). The molecule has 7 heteroatoms. The quantitative estimate of drug-likeness (QED) is 0.418. The van der Waals surface area contributed by atoms with Gasteiger partial charge in [-0.15, -0.1) is 0 Å². The topological polar surface area (TPSA) is 103 Å². The summed E-state index contributed by atoms with van der Waals surface area (Å²) in [5.74, 6) is 0.723. The van der Waals surface area contributed by atoms with Crippen LogP contribution < -0.4 is 0 Å². The number of hydrogen-bond acceptors (Lipinski definition) is 3. The van der Waals surface area contributed by atoms with Crippen molar-refractivity contribution < 1.29 is 10.4 Å². The lowest BCUT2D eigenvalue weighted by atomic mass is 10.2. The van der Waals surface area contributed by atoms with Crippen LogP contribution in [-0.2, 0) is 0 Å². The Balaban J connectivity index is 0.00000147. The van der Waals surface area contributed by atoms with Gasteiger partial charge in [-0.1, -0.05) is 18.2 Å². The average molecular weight is 383 g/mol. The van der Waals surface area contributed by atoms with Gasteiger partial charge in [-0.25, -0.2) is 4.98 Å². The fourth-order valence-corrected chi connectivity index (χ4v) is 2.53. The lowest BCUT2D eigenvalue weighted by Gasteiger charge is -1.98. The first-order chi connectivity index (χ1) is 9.15. The summed E-state index contributed by atoms with van der Waals surface area (Å²) in [6, 6.07) is 12.5. The lowest BCUT2D eigenvalue weighted by Crippen LogP contribution is -1.86. The van der Waals surface area contributed by atoms with Gasteiger partial charge >= 0.3 is 0 Å². The van der Waals surface area contributed by atoms with E-state index in [0.717, 1.165) is 20.5 Å². The van der Waals surface area contributed by atoms with Crippen LogP contribution in [0.4, 0.5) is 5.69 Å². The minimum Gasteiger partial charge on any atom is -0.412 e. The number of rotatable bonds is 2. The van der Waals surface area contributed by atoms with Crippen LogP contribution in [0.5, 0.6) is 0 Å². The highest BCUT2D eigenvalue weighted by atomic mass is 127. The van der Waals surface area contributed by atoms with Crippen LogP contribution in [-0.4, -0.2) is 20.4 Å². The zero-order valence-electron chi connectivity index (χ0n) is 10.1. The van der Waals surface area contributed by atoms with E-state index < -0.39 is 4.92 Å². The molecule has 0 saturated heterocycles. The number of aromatic nitrogens is 2. The van der Waals surface area contributed by atoms with Gasteiger partial charge in [0.05, 0.1) is 16.0 Å². The van der Waals surface area contributed by atoms with Gasteiger partial charge in [0.1, 0.15) is 5.82 Å². The Hall–Kier alpha value is -2.00. The van der Waals surface area contributed by atoms with Gasteiger partial charge in [-0.3, -0.25) is 10.1 Å². The normalized spacial score (nSPS) is 10.2. The molecule has 0 unspecified atom stereocenters. The molecule has 0 amide bonds. The van der Waals surface area contributed by atoms with E-state index in [-0.39, 0.29) is 11.2 Å². The summed E-state index contributed by atoms with van der Waals surface area (Å²) < 4.78 is 1.08. The third kappa shape index (κ3) is 2.49. The zero-order valence-corrected chi connectivity index (χ0v) is 12.3. The number of benzene rings is 2. The van der Waals surface area contributed by atoms with Crippen LogP contribution in [0.3, 0.4) is 0 Å². The first-order valence-corrected chi connectivity index (χ1v) is 6.62. The number of nitrogens with one attached hydrogen (secondary N) is 1. The minimum absolute atomic E-state index is 0. The number of nitro groups is 1. The number of H-pyrrole nitrogens is 1. The molecule has 1 heterocycles. The van der Waals surface area contributed by atoms with E-state index in [1.54, 1.807) is 6.07 Å². The molecule has 0 bridgehead atoms. The highest BCUT2D eigenvalue weighted by Crippen LogP contribution is 2.26. The molecule has 0 aliphatic carbocycles. The van der Waals surface area contributed by atoms with Crippen LogP contribution in [0, 0.1) is 13.7 Å². The molecular weight excluding hydrogens is 373 g/mol. The molecule has 3 aromatic rings. The molecule has 102 valence electrons. The number of aromatic amines is 1. The van der Waals surface area contributed by atoms with Crippen molar-refractivity contribution in [3.63, 3.8) is 0 Å². The SMILES string of the molecule is O.O=[N+]([O-])c1ccc2nc(-c3ccccc3I)[nH]c2c1. The molecule has 6 nitrogen and oxygen atoms in total. The largest absolute Gasteiger partial charge is 0.412 e. The van der Waals surface area contributed by atoms with E-state index in [0.29, 0.717) is 5.52 Å². The highest BCUT2D eigenvalue weighted by molar-refractivity contribution is 14.1. The van der Waals surface area contributed by atoms with Crippen molar-refractivity contribution >= 4 is 39.3 Å². The predicted molar refractivity (Wildman–Crippen MR) is 84.5 cm³/mol. The molecule has 0 aliphatic rings. The number of halogens is 1. The fraction of sp³-hybridized carbons (Fsp3) is 0. The number of non-ortho nitro benzene ring substituents is 1. The highest BCUT2D eigenvalue weighted by Gasteiger charge is 2.11. The van der Waals surface area contributed by atoms with Crippen molar-refractivity contribution in [3.05, 3.63) is 56.1 Å². The fourth-order valence-electron chi connectivity index (χ4n) is 1.89. The Bertz CT molecular complexity index is 785. The summed E-state index contributed by atoms with van der Waals surface area (Å²) in [6.07, 6.45) is 0. The molecular formula is C13H10IN3O3. The number of nitro benzene ring substituents is 1. The Morgan fingerprint density at radius 1 is 1.20 bits per heavy atom. The van der Waals surface area contributed by atoms with E-state index in [4.69, 9.17) is 0 Å². The van der Waals surface area contributed by atoms with Gasteiger partial charge in [0.2, 0.25) is 0 Å². The Labute approximate surface area is 127 Å². The summed E-state index contributed by atoms with van der Waals surface area (Å²) in [6.45, 7) is 0. The van der Waals surface area contributed by atoms with E-state index in [2.05, 4.69) is 32.6 Å². The smallest absolute Gasteiger partial charge is 0.271 e. The average Bonchev–Trinajstić information content (AvgIpc) is 2.81. The minimum atomic E-state index is -0.410. The Kier molecular flexibility index (Phi) is 4.00. The molecule has 0 fully saturated rings. The molecule has 0 spiro atoms. The van der Waals surface area contributed by atoms with Crippen LogP contribution >= 0.6 is 22.6 Å². The van der Waals surface area contributed by atoms with Crippen LogP contribution in [0.1, 0.15) is 0 Å². The second kappa shape index (κ2) is 5.55. The third-order valence-electron chi connectivity index (χ3n) is 2.81. The van der Waals surface area contributed by atoms with Gasteiger partial charge < -0.3 is 10.5 Å². The van der Waals surface area contributed by atoms with Gasteiger partial charge in [-0.05, 0) is 34.7 Å². The number of imidazole rings is 1. The third-order valence-corrected chi connectivity index (χ3v) is 3.75. The summed E-state index contributed by atoms with van der Waals surface area (Å²) in [4.78, 5) is 17.9. The van der Waals surface area contributed by atoms with E-state index in [1.807, 2.05) is 24.3 Å². The maximum absolute atomic E-state index is 10.7.